The van der Waals surface area contributed by atoms with E-state index in [1.165, 1.54) is 43.9 Å². The Morgan fingerprint density at radius 2 is 1.82 bits per heavy atom. The first-order chi connectivity index (χ1) is 5.35. The fraction of sp³-hybridized carbons (Fsp3) is 1.00. The summed E-state index contributed by atoms with van der Waals surface area (Å²) in [5, 5.41) is 1.19. The second kappa shape index (κ2) is 8.58. The van der Waals surface area contributed by atoms with Crippen LogP contribution in [0.15, 0.2) is 0 Å². The first kappa shape index (κ1) is 11.5. The lowest BCUT2D eigenvalue weighted by molar-refractivity contribution is 0.486. The van der Waals surface area contributed by atoms with Crippen molar-refractivity contribution in [3.05, 3.63) is 0 Å². The van der Waals surface area contributed by atoms with E-state index < -0.39 is 0 Å². The molecule has 0 nitrogen and oxygen atoms in total. The van der Waals surface area contributed by atoms with Crippen LogP contribution < -0.4 is 0 Å². The summed E-state index contributed by atoms with van der Waals surface area (Å²) in [4.78, 5) is 0. The van der Waals surface area contributed by atoms with Crippen LogP contribution in [-0.2, 0) is 0 Å². The Morgan fingerprint density at radius 1 is 1.09 bits per heavy atom. The van der Waals surface area contributed by atoms with Crippen molar-refractivity contribution in [3.63, 3.8) is 0 Å². The first-order valence-corrected chi connectivity index (χ1v) is 6.03. The highest BCUT2D eigenvalue weighted by Gasteiger charge is 2.02. The highest BCUT2D eigenvalue weighted by Crippen LogP contribution is 2.15. The molecule has 0 aromatic rings. The van der Waals surface area contributed by atoms with Crippen LogP contribution in [-0.4, -0.2) is 5.33 Å². The van der Waals surface area contributed by atoms with E-state index in [0.717, 1.165) is 5.92 Å². The van der Waals surface area contributed by atoms with E-state index in [2.05, 4.69) is 29.8 Å². The first-order valence-electron chi connectivity index (χ1n) is 4.91. The zero-order valence-corrected chi connectivity index (χ0v) is 9.49. The van der Waals surface area contributed by atoms with E-state index >= 15 is 0 Å². The third-order valence-electron chi connectivity index (χ3n) is 2.26. The lowest BCUT2D eigenvalue weighted by Crippen LogP contribution is -1.99. The number of hydrogen-bond donors (Lipinski definition) is 0. The van der Waals surface area contributed by atoms with E-state index in [-0.39, 0.29) is 0 Å². The largest absolute Gasteiger partial charge is 0.0925 e. The molecule has 1 atom stereocenters. The summed E-state index contributed by atoms with van der Waals surface area (Å²) in [6.45, 7) is 4.55. The van der Waals surface area contributed by atoms with Crippen LogP contribution in [0.3, 0.4) is 0 Å². The summed E-state index contributed by atoms with van der Waals surface area (Å²) >= 11 is 3.55. The zero-order valence-electron chi connectivity index (χ0n) is 7.91. The quantitative estimate of drug-likeness (QED) is 0.442. The molecule has 0 radical (unpaired) electrons. The highest BCUT2D eigenvalue weighted by atomic mass is 79.9. The molecule has 0 aliphatic heterocycles. The molecule has 0 N–H and O–H groups in total. The Labute approximate surface area is 79.9 Å². The lowest BCUT2D eigenvalue weighted by atomic mass is 10.0. The highest BCUT2D eigenvalue weighted by molar-refractivity contribution is 9.09. The third-order valence-corrected chi connectivity index (χ3v) is 3.18. The molecule has 0 fully saturated rings. The molecule has 0 aliphatic rings. The van der Waals surface area contributed by atoms with Crippen LogP contribution in [0.4, 0.5) is 0 Å². The molecule has 0 spiro atoms. The monoisotopic (exact) mass is 220 g/mol. The average molecular weight is 221 g/mol. The number of hydrogen-bond acceptors (Lipinski definition) is 0. The maximum Gasteiger partial charge on any atom is 0.00595 e. The molecule has 0 heterocycles. The fourth-order valence-corrected chi connectivity index (χ4v) is 2.03. The summed E-state index contributed by atoms with van der Waals surface area (Å²) in [5.74, 6) is 0.923. The minimum atomic E-state index is 0.923. The summed E-state index contributed by atoms with van der Waals surface area (Å²) in [6, 6.07) is 0. The predicted octanol–water partition coefficient (Wildman–Crippen LogP) is 4.38. The smallest absolute Gasteiger partial charge is 0.00595 e. The van der Waals surface area contributed by atoms with Crippen LogP contribution in [0, 0.1) is 5.92 Å². The van der Waals surface area contributed by atoms with Crippen LogP contribution in [0.25, 0.3) is 0 Å². The molecule has 0 aromatic heterocycles. The van der Waals surface area contributed by atoms with Gasteiger partial charge >= 0.3 is 0 Å². The van der Waals surface area contributed by atoms with Gasteiger partial charge in [-0.15, -0.1) is 0 Å². The second-order valence-electron chi connectivity index (χ2n) is 3.28. The van der Waals surface area contributed by atoms with Crippen molar-refractivity contribution in [1.29, 1.82) is 0 Å². The zero-order chi connectivity index (χ0) is 8.53. The topological polar surface area (TPSA) is 0 Å². The minimum absolute atomic E-state index is 0.923. The average Bonchev–Trinajstić information content (AvgIpc) is 2.05. The van der Waals surface area contributed by atoms with Gasteiger partial charge in [0.2, 0.25) is 0 Å². The SMILES string of the molecule is CCCCCCC(CC)CBr. The van der Waals surface area contributed by atoms with Crippen LogP contribution in [0.1, 0.15) is 52.4 Å². The van der Waals surface area contributed by atoms with E-state index in [4.69, 9.17) is 0 Å². The molecule has 68 valence electrons. The Bertz CT molecular complexity index is 67.3. The Morgan fingerprint density at radius 3 is 2.27 bits per heavy atom. The van der Waals surface area contributed by atoms with Crippen molar-refractivity contribution in [1.82, 2.24) is 0 Å². The third kappa shape index (κ3) is 6.86. The van der Waals surface area contributed by atoms with Gasteiger partial charge in [0.25, 0.3) is 0 Å². The molecule has 0 saturated carbocycles. The normalized spacial score (nSPS) is 13.4. The van der Waals surface area contributed by atoms with Gasteiger partial charge in [0.05, 0.1) is 0 Å². The second-order valence-corrected chi connectivity index (χ2v) is 3.93. The van der Waals surface area contributed by atoms with Crippen LogP contribution in [0.5, 0.6) is 0 Å². The number of rotatable bonds is 7. The van der Waals surface area contributed by atoms with Gasteiger partial charge < -0.3 is 0 Å². The fourth-order valence-electron chi connectivity index (χ4n) is 1.25. The molecule has 0 aromatic carbocycles. The van der Waals surface area contributed by atoms with Crippen LogP contribution >= 0.6 is 15.9 Å². The summed E-state index contributed by atoms with van der Waals surface area (Å²) in [6.07, 6.45) is 8.38. The molecule has 1 unspecified atom stereocenters. The van der Waals surface area contributed by atoms with Gasteiger partial charge in [0.15, 0.2) is 0 Å². The maximum atomic E-state index is 3.55. The Kier molecular flexibility index (Phi) is 8.95. The van der Waals surface area contributed by atoms with Crippen LogP contribution in [0.2, 0.25) is 0 Å². The van der Waals surface area contributed by atoms with Gasteiger partial charge in [-0.2, -0.15) is 0 Å². The van der Waals surface area contributed by atoms with Gasteiger partial charge in [0.1, 0.15) is 0 Å². The number of unbranched alkanes of at least 4 members (excludes halogenated alkanes) is 3. The standard InChI is InChI=1S/C10H21Br/c1-3-5-6-7-8-10(4-2)9-11/h10H,3-9H2,1-2H3. The molecular weight excluding hydrogens is 200 g/mol. The molecule has 1 heteroatoms. The van der Waals surface area contributed by atoms with Gasteiger partial charge in [0, 0.05) is 5.33 Å². The number of halogens is 1. The molecule has 0 bridgehead atoms. The van der Waals surface area contributed by atoms with Crippen molar-refractivity contribution >= 4 is 15.9 Å². The Balaban J connectivity index is 3.07. The van der Waals surface area contributed by atoms with Gasteiger partial charge in [-0.1, -0.05) is 61.9 Å². The van der Waals surface area contributed by atoms with Crippen molar-refractivity contribution in [2.75, 3.05) is 5.33 Å². The van der Waals surface area contributed by atoms with E-state index in [9.17, 15) is 0 Å². The minimum Gasteiger partial charge on any atom is -0.0925 e. The molecule has 0 aliphatic carbocycles. The summed E-state index contributed by atoms with van der Waals surface area (Å²) in [5.41, 5.74) is 0. The molecule has 0 amide bonds. The lowest BCUT2D eigenvalue weighted by Gasteiger charge is -2.09. The molecule has 0 saturated heterocycles. The Hall–Kier alpha value is 0.480. The van der Waals surface area contributed by atoms with Gasteiger partial charge in [-0.25, -0.2) is 0 Å². The van der Waals surface area contributed by atoms with Gasteiger partial charge in [-0.05, 0) is 12.3 Å². The van der Waals surface area contributed by atoms with Crippen molar-refractivity contribution < 1.29 is 0 Å². The van der Waals surface area contributed by atoms with E-state index in [1.807, 2.05) is 0 Å². The maximum absolute atomic E-state index is 3.55. The van der Waals surface area contributed by atoms with E-state index in [0.29, 0.717) is 0 Å². The van der Waals surface area contributed by atoms with E-state index in [1.54, 1.807) is 0 Å². The molecule has 11 heavy (non-hydrogen) atoms. The summed E-state index contributed by atoms with van der Waals surface area (Å²) < 4.78 is 0. The van der Waals surface area contributed by atoms with Crippen molar-refractivity contribution in [2.45, 2.75) is 52.4 Å². The predicted molar refractivity (Wildman–Crippen MR) is 56.3 cm³/mol. The van der Waals surface area contributed by atoms with Crippen molar-refractivity contribution in [2.24, 2.45) is 5.92 Å². The number of alkyl halides is 1. The summed E-state index contributed by atoms with van der Waals surface area (Å²) in [7, 11) is 0. The van der Waals surface area contributed by atoms with Crippen molar-refractivity contribution in [3.8, 4) is 0 Å². The molecule has 0 rings (SSSR count). The molecular formula is C10H21Br. The van der Waals surface area contributed by atoms with Gasteiger partial charge in [-0.3, -0.25) is 0 Å².